The predicted molar refractivity (Wildman–Crippen MR) is 91.1 cm³/mol. The molecule has 1 heterocycles. The van der Waals surface area contributed by atoms with Gasteiger partial charge < -0.3 is 14.8 Å². The van der Waals surface area contributed by atoms with Crippen LogP contribution >= 0.6 is 0 Å². The smallest absolute Gasteiger partial charge is 0.251 e. The normalized spacial score (nSPS) is 17.1. The summed E-state index contributed by atoms with van der Waals surface area (Å²) in [4.78, 5) is 14.8. The van der Waals surface area contributed by atoms with Crippen molar-refractivity contribution in [2.45, 2.75) is 26.8 Å². The number of hydrogen-bond acceptors (Lipinski definition) is 4. The highest BCUT2D eigenvalue weighted by atomic mass is 16.5. The average Bonchev–Trinajstić information content (AvgIpc) is 2.56. The Hall–Kier alpha value is -1.59. The van der Waals surface area contributed by atoms with E-state index >= 15 is 0 Å². The number of carbonyl (C=O) groups excluding carboxylic acids is 1. The third-order valence-corrected chi connectivity index (χ3v) is 4.43. The number of morpholine rings is 1. The van der Waals surface area contributed by atoms with Crippen LogP contribution in [0.1, 0.15) is 29.8 Å². The van der Waals surface area contributed by atoms with E-state index < -0.39 is 0 Å². The van der Waals surface area contributed by atoms with Crippen molar-refractivity contribution in [1.82, 2.24) is 10.2 Å². The van der Waals surface area contributed by atoms with Crippen LogP contribution in [-0.2, 0) is 4.74 Å². The summed E-state index contributed by atoms with van der Waals surface area (Å²) in [6.45, 7) is 10.4. The minimum atomic E-state index is -0.0535. The van der Waals surface area contributed by atoms with Gasteiger partial charge in [-0.15, -0.1) is 0 Å². The molecule has 1 N–H and O–H groups in total. The number of amides is 1. The number of rotatable bonds is 6. The van der Waals surface area contributed by atoms with Crippen LogP contribution in [0, 0.1) is 12.8 Å². The molecule has 5 heteroatoms. The lowest BCUT2D eigenvalue weighted by Crippen LogP contribution is -2.51. The molecule has 0 aromatic heterocycles. The van der Waals surface area contributed by atoms with E-state index in [9.17, 15) is 4.79 Å². The van der Waals surface area contributed by atoms with Crippen molar-refractivity contribution in [1.29, 1.82) is 0 Å². The maximum Gasteiger partial charge on any atom is 0.251 e. The molecule has 1 aromatic carbocycles. The summed E-state index contributed by atoms with van der Waals surface area (Å²) < 4.78 is 10.7. The highest BCUT2D eigenvalue weighted by Gasteiger charge is 2.24. The Balaban J connectivity index is 1.98. The first-order chi connectivity index (χ1) is 11.0. The zero-order valence-corrected chi connectivity index (χ0v) is 14.6. The molecule has 2 rings (SSSR count). The van der Waals surface area contributed by atoms with Gasteiger partial charge in [0.2, 0.25) is 0 Å². The van der Waals surface area contributed by atoms with Crippen molar-refractivity contribution < 1.29 is 14.3 Å². The van der Waals surface area contributed by atoms with Gasteiger partial charge in [0.25, 0.3) is 5.91 Å². The second-order valence-corrected chi connectivity index (χ2v) is 6.35. The molecule has 1 fully saturated rings. The minimum absolute atomic E-state index is 0.0535. The first-order valence-electron chi connectivity index (χ1n) is 8.27. The van der Waals surface area contributed by atoms with Crippen molar-refractivity contribution in [2.75, 3.05) is 40.0 Å². The number of hydrogen-bond donors (Lipinski definition) is 1. The van der Waals surface area contributed by atoms with E-state index in [0.717, 1.165) is 37.6 Å². The van der Waals surface area contributed by atoms with Gasteiger partial charge in [-0.25, -0.2) is 0 Å². The first kappa shape index (κ1) is 17.8. The van der Waals surface area contributed by atoms with E-state index in [0.29, 0.717) is 24.1 Å². The Morgan fingerprint density at radius 3 is 2.65 bits per heavy atom. The fourth-order valence-corrected chi connectivity index (χ4v) is 2.96. The molecule has 0 bridgehead atoms. The van der Waals surface area contributed by atoms with Crippen LogP contribution in [0.4, 0.5) is 0 Å². The fraction of sp³-hybridized carbons (Fsp3) is 0.611. The molecular formula is C18H28N2O3. The Morgan fingerprint density at radius 2 is 2.04 bits per heavy atom. The summed E-state index contributed by atoms with van der Waals surface area (Å²) in [7, 11) is 1.62. The molecule has 0 radical (unpaired) electrons. The molecular weight excluding hydrogens is 292 g/mol. The van der Waals surface area contributed by atoms with E-state index in [2.05, 4.69) is 24.1 Å². The second-order valence-electron chi connectivity index (χ2n) is 6.35. The molecule has 1 aliphatic heterocycles. The summed E-state index contributed by atoms with van der Waals surface area (Å²) in [6, 6.07) is 5.88. The van der Waals surface area contributed by atoms with Crippen molar-refractivity contribution in [3.8, 4) is 5.75 Å². The lowest BCUT2D eigenvalue weighted by atomic mass is 10.0. The third kappa shape index (κ3) is 4.69. The summed E-state index contributed by atoms with van der Waals surface area (Å²) >= 11 is 0. The van der Waals surface area contributed by atoms with Gasteiger partial charge in [0.15, 0.2) is 0 Å². The number of carbonyl (C=O) groups is 1. The summed E-state index contributed by atoms with van der Waals surface area (Å²) in [5.74, 6) is 1.16. The van der Waals surface area contributed by atoms with Crippen LogP contribution in [0.3, 0.4) is 0 Å². The first-order valence-corrected chi connectivity index (χ1v) is 8.27. The number of benzene rings is 1. The second kappa shape index (κ2) is 8.31. The number of ether oxygens (including phenoxy) is 2. The Kier molecular flexibility index (Phi) is 6.42. The van der Waals surface area contributed by atoms with Gasteiger partial charge in [-0.05, 0) is 30.5 Å². The lowest BCUT2D eigenvalue weighted by molar-refractivity contribution is 0.00672. The van der Waals surface area contributed by atoms with Crippen molar-refractivity contribution >= 4 is 5.91 Å². The van der Waals surface area contributed by atoms with E-state index in [-0.39, 0.29) is 5.91 Å². The monoisotopic (exact) mass is 320 g/mol. The van der Waals surface area contributed by atoms with Gasteiger partial charge in [-0.1, -0.05) is 19.9 Å². The van der Waals surface area contributed by atoms with Gasteiger partial charge in [-0.2, -0.15) is 0 Å². The molecule has 1 atom stereocenters. The van der Waals surface area contributed by atoms with E-state index in [1.54, 1.807) is 13.2 Å². The van der Waals surface area contributed by atoms with Crippen LogP contribution in [-0.4, -0.2) is 56.8 Å². The van der Waals surface area contributed by atoms with Crippen LogP contribution < -0.4 is 10.1 Å². The maximum absolute atomic E-state index is 12.4. The molecule has 0 spiro atoms. The molecule has 1 aromatic rings. The number of methoxy groups -OCH3 is 1. The molecule has 1 amide bonds. The molecule has 23 heavy (non-hydrogen) atoms. The standard InChI is InChI=1S/C18H28N2O3/c1-13(2)16(20-7-9-23-10-8-20)12-19-18(21)15-6-5-14(3)17(11-15)22-4/h5-6,11,13,16H,7-10,12H2,1-4H3,(H,19,21). The highest BCUT2D eigenvalue weighted by molar-refractivity contribution is 5.94. The molecule has 0 aliphatic carbocycles. The van der Waals surface area contributed by atoms with E-state index in [1.165, 1.54) is 0 Å². The van der Waals surface area contributed by atoms with Crippen LogP contribution in [0.2, 0.25) is 0 Å². The average molecular weight is 320 g/mol. The van der Waals surface area contributed by atoms with Crippen LogP contribution in [0.15, 0.2) is 18.2 Å². The quantitative estimate of drug-likeness (QED) is 0.872. The number of nitrogens with one attached hydrogen (secondary N) is 1. The summed E-state index contributed by atoms with van der Waals surface area (Å²) in [5, 5.41) is 3.07. The Morgan fingerprint density at radius 1 is 1.35 bits per heavy atom. The molecule has 1 unspecified atom stereocenters. The Labute approximate surface area is 139 Å². The minimum Gasteiger partial charge on any atom is -0.496 e. The zero-order valence-electron chi connectivity index (χ0n) is 14.6. The molecule has 1 aliphatic rings. The van der Waals surface area contributed by atoms with Crippen LogP contribution in [0.5, 0.6) is 5.75 Å². The predicted octanol–water partition coefficient (Wildman–Crippen LogP) is 2.09. The third-order valence-electron chi connectivity index (χ3n) is 4.43. The van der Waals surface area contributed by atoms with Crippen molar-refractivity contribution in [3.63, 3.8) is 0 Å². The van der Waals surface area contributed by atoms with Gasteiger partial charge >= 0.3 is 0 Å². The van der Waals surface area contributed by atoms with Gasteiger partial charge in [0, 0.05) is 31.2 Å². The maximum atomic E-state index is 12.4. The summed E-state index contributed by atoms with van der Waals surface area (Å²) in [6.07, 6.45) is 0. The van der Waals surface area contributed by atoms with Gasteiger partial charge in [-0.3, -0.25) is 9.69 Å². The van der Waals surface area contributed by atoms with E-state index in [1.807, 2.05) is 19.1 Å². The zero-order chi connectivity index (χ0) is 16.8. The lowest BCUT2D eigenvalue weighted by Gasteiger charge is -2.36. The largest absolute Gasteiger partial charge is 0.496 e. The van der Waals surface area contributed by atoms with Gasteiger partial charge in [0.1, 0.15) is 5.75 Å². The Bertz CT molecular complexity index is 525. The summed E-state index contributed by atoms with van der Waals surface area (Å²) in [5.41, 5.74) is 1.66. The number of aryl methyl sites for hydroxylation is 1. The molecule has 128 valence electrons. The SMILES string of the molecule is COc1cc(C(=O)NCC(C(C)C)N2CCOCC2)ccc1C. The topological polar surface area (TPSA) is 50.8 Å². The van der Waals surface area contributed by atoms with E-state index in [4.69, 9.17) is 9.47 Å². The highest BCUT2D eigenvalue weighted by Crippen LogP contribution is 2.19. The van der Waals surface area contributed by atoms with Crippen molar-refractivity contribution in [2.24, 2.45) is 5.92 Å². The van der Waals surface area contributed by atoms with Crippen molar-refractivity contribution in [3.05, 3.63) is 29.3 Å². The molecule has 5 nitrogen and oxygen atoms in total. The number of nitrogens with zero attached hydrogens (tertiary/aromatic N) is 1. The molecule has 0 saturated carbocycles. The van der Waals surface area contributed by atoms with Gasteiger partial charge in [0.05, 0.1) is 20.3 Å². The molecule has 1 saturated heterocycles. The van der Waals surface area contributed by atoms with Crippen LogP contribution in [0.25, 0.3) is 0 Å². The fourth-order valence-electron chi connectivity index (χ4n) is 2.96.